The van der Waals surface area contributed by atoms with Crippen LogP contribution in [-0.2, 0) is 0 Å². The zero-order valence-electron chi connectivity index (χ0n) is 12.3. The van der Waals surface area contributed by atoms with Gasteiger partial charge in [-0.1, -0.05) is 19.9 Å². The summed E-state index contributed by atoms with van der Waals surface area (Å²) in [6.45, 7) is 7.19. The molecule has 1 saturated carbocycles. The fourth-order valence-electron chi connectivity index (χ4n) is 2.74. The molecule has 0 aromatic rings. The van der Waals surface area contributed by atoms with Crippen molar-refractivity contribution in [2.24, 2.45) is 5.92 Å². The van der Waals surface area contributed by atoms with Crippen LogP contribution in [0.25, 0.3) is 0 Å². The van der Waals surface area contributed by atoms with Crippen LogP contribution in [0, 0.1) is 5.92 Å². The molecule has 0 amide bonds. The van der Waals surface area contributed by atoms with E-state index >= 15 is 0 Å². The van der Waals surface area contributed by atoms with Crippen molar-refractivity contribution < 1.29 is 10.2 Å². The fourth-order valence-corrected chi connectivity index (χ4v) is 2.74. The molecule has 0 unspecified atom stereocenters. The number of allylic oxidation sites excluding steroid dienone is 1. The van der Waals surface area contributed by atoms with Gasteiger partial charge in [-0.2, -0.15) is 0 Å². The third kappa shape index (κ3) is 6.23. The molecule has 0 aliphatic heterocycles. The van der Waals surface area contributed by atoms with Gasteiger partial charge in [0.05, 0.1) is 27.2 Å². The van der Waals surface area contributed by atoms with Crippen LogP contribution < -0.4 is 10.2 Å². The average Bonchev–Trinajstić information content (AvgIpc) is 2.25. The summed E-state index contributed by atoms with van der Waals surface area (Å²) in [5.74, 6) is 0.713. The molecule has 1 aliphatic carbocycles. The van der Waals surface area contributed by atoms with Crippen molar-refractivity contribution in [2.75, 3.05) is 27.2 Å². The molecule has 0 spiro atoms. The van der Waals surface area contributed by atoms with Crippen molar-refractivity contribution in [3.05, 3.63) is 11.6 Å². The van der Waals surface area contributed by atoms with Gasteiger partial charge >= 0.3 is 0 Å². The van der Waals surface area contributed by atoms with Gasteiger partial charge < -0.3 is 10.2 Å². The first-order chi connectivity index (χ1) is 8.09. The number of rotatable bonds is 6. The lowest BCUT2D eigenvalue weighted by Crippen LogP contribution is -3.06. The van der Waals surface area contributed by atoms with E-state index in [1.54, 1.807) is 10.5 Å². The van der Waals surface area contributed by atoms with Crippen molar-refractivity contribution in [3.63, 3.8) is 0 Å². The number of hydrogen-bond donors (Lipinski definition) is 2. The van der Waals surface area contributed by atoms with E-state index in [2.05, 4.69) is 39.3 Å². The Morgan fingerprint density at radius 3 is 2.76 bits per heavy atom. The van der Waals surface area contributed by atoms with E-state index in [9.17, 15) is 0 Å². The lowest BCUT2D eigenvalue weighted by Gasteiger charge is -2.24. The van der Waals surface area contributed by atoms with E-state index in [1.807, 2.05) is 0 Å². The van der Waals surface area contributed by atoms with E-state index in [0.29, 0.717) is 5.92 Å². The summed E-state index contributed by atoms with van der Waals surface area (Å²) in [6, 6.07) is 0.795. The monoisotopic (exact) mass is 240 g/mol. The van der Waals surface area contributed by atoms with Crippen molar-refractivity contribution in [1.82, 2.24) is 0 Å². The van der Waals surface area contributed by atoms with Crippen LogP contribution >= 0.6 is 0 Å². The lowest BCUT2D eigenvalue weighted by atomic mass is 9.88. The van der Waals surface area contributed by atoms with E-state index in [4.69, 9.17) is 0 Å². The molecular weight excluding hydrogens is 208 g/mol. The van der Waals surface area contributed by atoms with Gasteiger partial charge in [0.1, 0.15) is 6.04 Å². The molecule has 1 rings (SSSR count). The molecule has 0 aromatic carbocycles. The van der Waals surface area contributed by atoms with Crippen molar-refractivity contribution >= 4 is 0 Å². The maximum Gasteiger partial charge on any atom is 0.107 e. The molecule has 2 heteroatoms. The molecule has 2 nitrogen and oxygen atoms in total. The summed E-state index contributed by atoms with van der Waals surface area (Å²) >= 11 is 0. The Hall–Kier alpha value is -0.340. The molecule has 100 valence electrons. The van der Waals surface area contributed by atoms with Crippen molar-refractivity contribution in [3.8, 4) is 0 Å². The van der Waals surface area contributed by atoms with E-state index in [1.165, 1.54) is 45.2 Å². The highest BCUT2D eigenvalue weighted by molar-refractivity contribution is 5.10. The van der Waals surface area contributed by atoms with Crippen LogP contribution in [-0.4, -0.2) is 33.2 Å². The van der Waals surface area contributed by atoms with Gasteiger partial charge in [-0.05, 0) is 30.8 Å². The first-order valence-electron chi connectivity index (χ1n) is 7.42. The molecule has 3 N–H and O–H groups in total. The Labute approximate surface area is 107 Å². The fraction of sp³-hybridized carbons (Fsp3) is 0.867. The van der Waals surface area contributed by atoms with Gasteiger partial charge in [0.2, 0.25) is 0 Å². The summed E-state index contributed by atoms with van der Waals surface area (Å²) in [4.78, 5) is 1.57. The Bertz CT molecular complexity index is 231. The first-order valence-corrected chi connectivity index (χ1v) is 7.42. The minimum Gasteiger partial charge on any atom is -0.340 e. The maximum atomic E-state index is 2.59. The molecule has 0 radical (unpaired) electrons. The standard InChI is InChI=1S/C15H30N2/c1-13(2)12-14-8-5-6-9-15(14)16-10-7-11-17(3)4/h12-13,15-16H,5-11H2,1-4H3/p+2/b14-12+/t15-/m1/s1. The van der Waals surface area contributed by atoms with Crippen molar-refractivity contribution in [2.45, 2.75) is 52.0 Å². The molecule has 1 fully saturated rings. The van der Waals surface area contributed by atoms with E-state index in [-0.39, 0.29) is 0 Å². The smallest absolute Gasteiger partial charge is 0.107 e. The third-order valence-corrected chi connectivity index (χ3v) is 3.59. The normalized spacial score (nSPS) is 23.9. The molecule has 17 heavy (non-hydrogen) atoms. The predicted molar refractivity (Wildman–Crippen MR) is 74.3 cm³/mol. The van der Waals surface area contributed by atoms with Gasteiger partial charge in [-0.25, -0.2) is 0 Å². The van der Waals surface area contributed by atoms with Gasteiger partial charge in [0.25, 0.3) is 0 Å². The number of hydrogen-bond acceptors (Lipinski definition) is 0. The number of nitrogens with two attached hydrogens (primary N) is 1. The zero-order valence-corrected chi connectivity index (χ0v) is 12.3. The second-order valence-electron chi connectivity index (χ2n) is 6.17. The summed E-state index contributed by atoms with van der Waals surface area (Å²) < 4.78 is 0. The minimum absolute atomic E-state index is 0.713. The lowest BCUT2D eigenvalue weighted by molar-refractivity contribution is -0.860. The quantitative estimate of drug-likeness (QED) is 0.501. The number of quaternary nitrogens is 2. The van der Waals surface area contributed by atoms with Crippen molar-refractivity contribution in [1.29, 1.82) is 0 Å². The van der Waals surface area contributed by atoms with Crippen LogP contribution in [0.15, 0.2) is 11.6 Å². The highest BCUT2D eigenvalue weighted by Crippen LogP contribution is 2.22. The largest absolute Gasteiger partial charge is 0.340 e. The SMILES string of the molecule is CC(C)/C=C1\CCCC[C@H]1[NH2+]CCC[NH+](C)C. The predicted octanol–water partition coefficient (Wildman–Crippen LogP) is 0.609. The second-order valence-corrected chi connectivity index (χ2v) is 6.17. The van der Waals surface area contributed by atoms with E-state index < -0.39 is 0 Å². The van der Waals surface area contributed by atoms with Gasteiger partial charge in [-0.3, -0.25) is 0 Å². The minimum atomic E-state index is 0.713. The van der Waals surface area contributed by atoms with Crippen LogP contribution in [0.2, 0.25) is 0 Å². The van der Waals surface area contributed by atoms with Gasteiger partial charge in [-0.15, -0.1) is 0 Å². The summed E-state index contributed by atoms with van der Waals surface area (Å²) in [5, 5.41) is 2.59. The van der Waals surface area contributed by atoms with Gasteiger partial charge in [0, 0.05) is 12.8 Å². The second kappa shape index (κ2) is 7.88. The van der Waals surface area contributed by atoms with Crippen LogP contribution in [0.4, 0.5) is 0 Å². The van der Waals surface area contributed by atoms with E-state index in [0.717, 1.165) is 6.04 Å². The topological polar surface area (TPSA) is 21.1 Å². The molecule has 0 heterocycles. The number of nitrogens with one attached hydrogen (secondary N) is 1. The van der Waals surface area contributed by atoms with Crippen LogP contribution in [0.5, 0.6) is 0 Å². The summed E-state index contributed by atoms with van der Waals surface area (Å²) in [7, 11) is 4.48. The van der Waals surface area contributed by atoms with Gasteiger partial charge in [0.15, 0.2) is 0 Å². The molecule has 0 aromatic heterocycles. The Morgan fingerprint density at radius 1 is 1.35 bits per heavy atom. The Kier molecular flexibility index (Phi) is 6.83. The molecule has 0 saturated heterocycles. The van der Waals surface area contributed by atoms with Crippen LogP contribution in [0.1, 0.15) is 46.0 Å². The summed E-state index contributed by atoms with van der Waals surface area (Å²) in [6.07, 6.45) is 9.43. The van der Waals surface area contributed by atoms with Crippen LogP contribution in [0.3, 0.4) is 0 Å². The zero-order chi connectivity index (χ0) is 12.7. The third-order valence-electron chi connectivity index (χ3n) is 3.59. The maximum absolute atomic E-state index is 2.59. The first kappa shape index (κ1) is 14.7. The summed E-state index contributed by atoms with van der Waals surface area (Å²) in [5.41, 5.74) is 1.73. The molecule has 0 bridgehead atoms. The molecule has 1 aliphatic rings. The Balaban J connectivity index is 2.33. The highest BCUT2D eigenvalue weighted by Gasteiger charge is 2.21. The molecule has 1 atom stereocenters. The Morgan fingerprint density at radius 2 is 2.12 bits per heavy atom. The highest BCUT2D eigenvalue weighted by atomic mass is 15.1. The molecular formula is C15H32N2+2. The average molecular weight is 240 g/mol.